The van der Waals surface area contributed by atoms with E-state index in [-0.39, 0.29) is 5.69 Å². The van der Waals surface area contributed by atoms with Gasteiger partial charge in [0.2, 0.25) is 0 Å². The van der Waals surface area contributed by atoms with E-state index in [0.29, 0.717) is 5.82 Å². The molecule has 6 heteroatoms. The van der Waals surface area contributed by atoms with Gasteiger partial charge in [0.25, 0.3) is 5.91 Å². The molecule has 2 rings (SSSR count). The maximum Gasteiger partial charge on any atom is 0.269 e. The average molecular weight is 245 g/mol. The van der Waals surface area contributed by atoms with Crippen LogP contribution in [0.1, 0.15) is 21.6 Å². The molecule has 2 aromatic heterocycles. The maximum absolute atomic E-state index is 11.0. The number of aryl methyl sites for hydroxylation is 1. The monoisotopic (exact) mass is 245 g/mol. The molecular formula is C12H15N5O. The molecule has 0 aliphatic rings. The van der Waals surface area contributed by atoms with E-state index in [0.717, 1.165) is 17.7 Å². The fourth-order valence-electron chi connectivity index (χ4n) is 1.74. The predicted molar refractivity (Wildman–Crippen MR) is 67.4 cm³/mol. The highest BCUT2D eigenvalue weighted by Gasteiger charge is 2.09. The van der Waals surface area contributed by atoms with Gasteiger partial charge in [-0.1, -0.05) is 0 Å². The molecule has 2 aromatic rings. The van der Waals surface area contributed by atoms with Crippen molar-refractivity contribution in [3.8, 4) is 5.82 Å². The summed E-state index contributed by atoms with van der Waals surface area (Å²) in [7, 11) is 1.88. The molecule has 0 aromatic carbocycles. The second kappa shape index (κ2) is 4.97. The third kappa shape index (κ3) is 2.38. The van der Waals surface area contributed by atoms with Crippen molar-refractivity contribution in [1.82, 2.24) is 20.1 Å². The Labute approximate surface area is 105 Å². The minimum absolute atomic E-state index is 0.232. The average Bonchev–Trinajstić information content (AvgIpc) is 2.79. The summed E-state index contributed by atoms with van der Waals surface area (Å²) >= 11 is 0. The molecule has 0 radical (unpaired) electrons. The van der Waals surface area contributed by atoms with Crippen molar-refractivity contribution in [1.29, 1.82) is 0 Å². The van der Waals surface area contributed by atoms with Gasteiger partial charge in [-0.2, -0.15) is 5.10 Å². The zero-order valence-electron chi connectivity index (χ0n) is 10.3. The standard InChI is InChI=1S/C12H15N5O/c1-8-5-9(6-14-2)7-15-12(8)17-4-3-10(16-17)11(13)18/h3-5,7,14H,6H2,1-2H3,(H2,13,18). The smallest absolute Gasteiger partial charge is 0.269 e. The second-order valence-electron chi connectivity index (χ2n) is 4.02. The Morgan fingerprint density at radius 2 is 2.33 bits per heavy atom. The van der Waals surface area contributed by atoms with Gasteiger partial charge in [-0.25, -0.2) is 9.67 Å². The van der Waals surface area contributed by atoms with E-state index in [1.165, 1.54) is 0 Å². The molecule has 0 spiro atoms. The van der Waals surface area contributed by atoms with E-state index in [9.17, 15) is 4.79 Å². The van der Waals surface area contributed by atoms with Crippen LogP contribution in [0.15, 0.2) is 24.5 Å². The molecule has 0 unspecified atom stereocenters. The summed E-state index contributed by atoms with van der Waals surface area (Å²) in [6.07, 6.45) is 3.46. The van der Waals surface area contributed by atoms with Gasteiger partial charge in [-0.05, 0) is 37.2 Å². The molecule has 94 valence electrons. The van der Waals surface area contributed by atoms with E-state index in [1.54, 1.807) is 23.1 Å². The molecule has 18 heavy (non-hydrogen) atoms. The van der Waals surface area contributed by atoms with Crippen LogP contribution in [0.3, 0.4) is 0 Å². The fourth-order valence-corrected chi connectivity index (χ4v) is 1.74. The molecule has 0 bridgehead atoms. The summed E-state index contributed by atoms with van der Waals surface area (Å²) in [4.78, 5) is 15.3. The Morgan fingerprint density at radius 3 is 2.89 bits per heavy atom. The molecular weight excluding hydrogens is 230 g/mol. The lowest BCUT2D eigenvalue weighted by molar-refractivity contribution is 0.0995. The Hall–Kier alpha value is -2.21. The number of hydrogen-bond acceptors (Lipinski definition) is 4. The lowest BCUT2D eigenvalue weighted by Crippen LogP contribution is -2.13. The van der Waals surface area contributed by atoms with Gasteiger partial charge in [0.05, 0.1) is 0 Å². The van der Waals surface area contributed by atoms with Crippen molar-refractivity contribution in [2.24, 2.45) is 5.73 Å². The predicted octanol–water partition coefficient (Wildman–Crippen LogP) is 0.394. The van der Waals surface area contributed by atoms with Crippen molar-refractivity contribution in [2.45, 2.75) is 13.5 Å². The highest BCUT2D eigenvalue weighted by Crippen LogP contribution is 2.12. The number of carbonyl (C=O) groups is 1. The Kier molecular flexibility index (Phi) is 3.38. The molecule has 2 heterocycles. The van der Waals surface area contributed by atoms with E-state index in [2.05, 4.69) is 15.4 Å². The number of nitrogens with one attached hydrogen (secondary N) is 1. The van der Waals surface area contributed by atoms with Gasteiger partial charge in [-0.15, -0.1) is 0 Å². The molecule has 1 amide bonds. The summed E-state index contributed by atoms with van der Waals surface area (Å²) < 4.78 is 1.55. The highest BCUT2D eigenvalue weighted by atomic mass is 16.1. The minimum atomic E-state index is -0.543. The van der Waals surface area contributed by atoms with Crippen LogP contribution >= 0.6 is 0 Å². The summed E-state index contributed by atoms with van der Waals surface area (Å²) in [6.45, 7) is 2.72. The lowest BCUT2D eigenvalue weighted by Gasteiger charge is -2.07. The zero-order valence-corrected chi connectivity index (χ0v) is 10.3. The first kappa shape index (κ1) is 12.3. The van der Waals surface area contributed by atoms with Crippen LogP contribution in [-0.4, -0.2) is 27.7 Å². The third-order valence-corrected chi connectivity index (χ3v) is 2.55. The minimum Gasteiger partial charge on any atom is -0.364 e. The molecule has 0 aliphatic heterocycles. The number of primary amides is 1. The topological polar surface area (TPSA) is 85.8 Å². The molecule has 3 N–H and O–H groups in total. The normalized spacial score (nSPS) is 10.6. The Bertz CT molecular complexity index is 576. The maximum atomic E-state index is 11.0. The third-order valence-electron chi connectivity index (χ3n) is 2.55. The molecule has 0 saturated carbocycles. The van der Waals surface area contributed by atoms with Crippen molar-refractivity contribution in [3.63, 3.8) is 0 Å². The van der Waals surface area contributed by atoms with Gasteiger partial charge >= 0.3 is 0 Å². The highest BCUT2D eigenvalue weighted by molar-refractivity contribution is 5.90. The molecule has 0 fully saturated rings. The first-order chi connectivity index (χ1) is 8.61. The first-order valence-electron chi connectivity index (χ1n) is 5.58. The van der Waals surface area contributed by atoms with Crippen LogP contribution in [0, 0.1) is 6.92 Å². The zero-order chi connectivity index (χ0) is 13.1. The van der Waals surface area contributed by atoms with Gasteiger partial charge in [0, 0.05) is 18.9 Å². The lowest BCUT2D eigenvalue weighted by atomic mass is 10.2. The van der Waals surface area contributed by atoms with Crippen molar-refractivity contribution >= 4 is 5.91 Å². The van der Waals surface area contributed by atoms with E-state index in [1.807, 2.05) is 20.0 Å². The van der Waals surface area contributed by atoms with Crippen LogP contribution in [0.25, 0.3) is 5.82 Å². The molecule has 0 atom stereocenters. The number of nitrogens with zero attached hydrogens (tertiary/aromatic N) is 3. The van der Waals surface area contributed by atoms with Gasteiger partial charge in [-0.3, -0.25) is 4.79 Å². The largest absolute Gasteiger partial charge is 0.364 e. The number of carbonyl (C=O) groups excluding carboxylic acids is 1. The fraction of sp³-hybridized carbons (Fsp3) is 0.250. The van der Waals surface area contributed by atoms with Crippen molar-refractivity contribution < 1.29 is 4.79 Å². The van der Waals surface area contributed by atoms with Gasteiger partial charge < -0.3 is 11.1 Å². The number of aromatic nitrogens is 3. The summed E-state index contributed by atoms with van der Waals surface area (Å²) in [5.74, 6) is 0.153. The van der Waals surface area contributed by atoms with Crippen LogP contribution in [0.2, 0.25) is 0 Å². The number of pyridine rings is 1. The van der Waals surface area contributed by atoms with Crippen LogP contribution < -0.4 is 11.1 Å². The Balaban J connectivity index is 2.35. The van der Waals surface area contributed by atoms with Crippen LogP contribution in [0.4, 0.5) is 0 Å². The Morgan fingerprint density at radius 1 is 1.56 bits per heavy atom. The number of hydrogen-bond donors (Lipinski definition) is 2. The van der Waals surface area contributed by atoms with Gasteiger partial charge in [0.1, 0.15) is 5.69 Å². The molecule has 0 aliphatic carbocycles. The van der Waals surface area contributed by atoms with E-state index < -0.39 is 5.91 Å². The van der Waals surface area contributed by atoms with Crippen molar-refractivity contribution in [2.75, 3.05) is 7.05 Å². The van der Waals surface area contributed by atoms with Crippen molar-refractivity contribution in [3.05, 3.63) is 41.3 Å². The quantitative estimate of drug-likeness (QED) is 0.816. The SMILES string of the molecule is CNCc1cnc(-n2ccc(C(N)=O)n2)c(C)c1. The molecule has 6 nitrogen and oxygen atoms in total. The number of rotatable bonds is 4. The van der Waals surface area contributed by atoms with Crippen LogP contribution in [0.5, 0.6) is 0 Å². The van der Waals surface area contributed by atoms with E-state index in [4.69, 9.17) is 5.73 Å². The number of amides is 1. The summed E-state index contributed by atoms with van der Waals surface area (Å²) in [5, 5.41) is 7.15. The first-order valence-corrected chi connectivity index (χ1v) is 5.58. The van der Waals surface area contributed by atoms with Crippen LogP contribution in [-0.2, 0) is 6.54 Å². The second-order valence-corrected chi connectivity index (χ2v) is 4.02. The summed E-state index contributed by atoms with van der Waals surface area (Å²) in [6, 6.07) is 3.61. The number of nitrogens with two attached hydrogens (primary N) is 1. The van der Waals surface area contributed by atoms with E-state index >= 15 is 0 Å². The van der Waals surface area contributed by atoms with Gasteiger partial charge in [0.15, 0.2) is 5.82 Å². The molecule has 0 saturated heterocycles. The summed E-state index contributed by atoms with van der Waals surface area (Å²) in [5.41, 5.74) is 7.48.